The maximum atomic E-state index is 13.2. The lowest BCUT2D eigenvalue weighted by atomic mass is 10.1. The van der Waals surface area contributed by atoms with Crippen LogP contribution in [0.3, 0.4) is 0 Å². The quantitative estimate of drug-likeness (QED) is 0.729. The Kier molecular flexibility index (Phi) is 3.41. The minimum Gasteiger partial charge on any atom is -0.354 e. The van der Waals surface area contributed by atoms with Gasteiger partial charge in [0.05, 0.1) is 6.54 Å². The van der Waals surface area contributed by atoms with E-state index in [1.165, 1.54) is 11.8 Å². The third-order valence-electron chi connectivity index (χ3n) is 2.80. The molecule has 1 aromatic rings. The third kappa shape index (κ3) is 2.88. The first-order valence-corrected chi connectivity index (χ1v) is 5.68. The molecule has 0 amide bonds. The Labute approximate surface area is 102 Å². The van der Waals surface area contributed by atoms with Crippen molar-refractivity contribution in [2.24, 2.45) is 0 Å². The van der Waals surface area contributed by atoms with Gasteiger partial charge in [0.1, 0.15) is 23.5 Å². The van der Waals surface area contributed by atoms with Gasteiger partial charge in [-0.25, -0.2) is 14.4 Å². The van der Waals surface area contributed by atoms with Crippen molar-refractivity contribution in [3.63, 3.8) is 0 Å². The predicted molar refractivity (Wildman–Crippen MR) is 58.1 cm³/mol. The standard InChI is InChI=1S/C11H13F4N3/c1-7-16-9(11(13,14)15)5-10(17-7)18-4-2-3-8(12)6-18/h5,8H,2-4,6H2,1H3. The number of alkyl halides is 4. The number of nitrogens with zero attached hydrogens (tertiary/aromatic N) is 3. The zero-order chi connectivity index (χ0) is 13.3. The van der Waals surface area contributed by atoms with Gasteiger partial charge in [-0.2, -0.15) is 13.2 Å². The Morgan fingerprint density at radius 2 is 2.06 bits per heavy atom. The normalized spacial score (nSPS) is 21.2. The molecule has 0 aromatic carbocycles. The maximum absolute atomic E-state index is 13.2. The van der Waals surface area contributed by atoms with E-state index in [0.29, 0.717) is 19.4 Å². The van der Waals surface area contributed by atoms with E-state index in [1.54, 1.807) is 0 Å². The molecule has 1 fully saturated rings. The number of rotatable bonds is 1. The molecule has 2 rings (SSSR count). The lowest BCUT2D eigenvalue weighted by Gasteiger charge is -2.30. The first-order chi connectivity index (χ1) is 8.36. The molecule has 1 unspecified atom stereocenters. The molecule has 0 N–H and O–H groups in total. The molecule has 0 bridgehead atoms. The molecule has 1 aromatic heterocycles. The average Bonchev–Trinajstić information content (AvgIpc) is 2.27. The number of hydrogen-bond donors (Lipinski definition) is 0. The molecule has 3 nitrogen and oxygen atoms in total. The minimum atomic E-state index is -4.51. The largest absolute Gasteiger partial charge is 0.433 e. The molecule has 18 heavy (non-hydrogen) atoms. The highest BCUT2D eigenvalue weighted by atomic mass is 19.4. The van der Waals surface area contributed by atoms with Crippen molar-refractivity contribution in [1.82, 2.24) is 9.97 Å². The van der Waals surface area contributed by atoms with Crippen LogP contribution >= 0.6 is 0 Å². The number of hydrogen-bond acceptors (Lipinski definition) is 3. The molecule has 7 heteroatoms. The summed E-state index contributed by atoms with van der Waals surface area (Å²) in [6.07, 6.45) is -4.45. The third-order valence-corrected chi connectivity index (χ3v) is 2.80. The summed E-state index contributed by atoms with van der Waals surface area (Å²) in [5.74, 6) is 0.193. The molecular weight excluding hydrogens is 250 g/mol. The summed E-state index contributed by atoms with van der Waals surface area (Å²) in [6.45, 7) is 2.01. The summed E-state index contributed by atoms with van der Waals surface area (Å²) in [5.41, 5.74) is -0.981. The Morgan fingerprint density at radius 1 is 1.33 bits per heavy atom. The highest BCUT2D eigenvalue weighted by Crippen LogP contribution is 2.30. The van der Waals surface area contributed by atoms with Gasteiger partial charge in [-0.05, 0) is 19.8 Å². The Balaban J connectivity index is 2.30. The van der Waals surface area contributed by atoms with Crippen LogP contribution in [-0.4, -0.2) is 29.2 Å². The van der Waals surface area contributed by atoms with Gasteiger partial charge >= 0.3 is 6.18 Å². The maximum Gasteiger partial charge on any atom is 0.433 e. The van der Waals surface area contributed by atoms with Crippen LogP contribution in [0.2, 0.25) is 0 Å². The van der Waals surface area contributed by atoms with E-state index in [4.69, 9.17) is 0 Å². The van der Waals surface area contributed by atoms with E-state index in [9.17, 15) is 17.6 Å². The van der Waals surface area contributed by atoms with Gasteiger partial charge in [-0.15, -0.1) is 0 Å². The van der Waals surface area contributed by atoms with Crippen molar-refractivity contribution in [1.29, 1.82) is 0 Å². The van der Waals surface area contributed by atoms with Gasteiger partial charge < -0.3 is 4.90 Å². The zero-order valence-electron chi connectivity index (χ0n) is 9.84. The van der Waals surface area contributed by atoms with Crippen molar-refractivity contribution in [2.45, 2.75) is 32.1 Å². The van der Waals surface area contributed by atoms with Crippen molar-refractivity contribution in [2.75, 3.05) is 18.0 Å². The van der Waals surface area contributed by atoms with Crippen molar-refractivity contribution >= 4 is 5.82 Å². The van der Waals surface area contributed by atoms with E-state index >= 15 is 0 Å². The Morgan fingerprint density at radius 3 is 2.67 bits per heavy atom. The van der Waals surface area contributed by atoms with Crippen LogP contribution in [0.4, 0.5) is 23.4 Å². The summed E-state index contributed by atoms with van der Waals surface area (Å²) in [7, 11) is 0. The highest BCUT2D eigenvalue weighted by Gasteiger charge is 2.34. The lowest BCUT2D eigenvalue weighted by Crippen LogP contribution is -2.37. The number of aromatic nitrogens is 2. The van der Waals surface area contributed by atoms with Crippen LogP contribution < -0.4 is 4.90 Å². The molecule has 1 aliphatic heterocycles. The van der Waals surface area contributed by atoms with E-state index in [1.807, 2.05) is 0 Å². The Bertz CT molecular complexity index is 433. The van der Waals surface area contributed by atoms with Crippen LogP contribution in [0.15, 0.2) is 6.07 Å². The number of aryl methyl sites for hydroxylation is 1. The van der Waals surface area contributed by atoms with Gasteiger partial charge in [0.15, 0.2) is 0 Å². The van der Waals surface area contributed by atoms with E-state index in [2.05, 4.69) is 9.97 Å². The summed E-state index contributed by atoms with van der Waals surface area (Å²) in [6, 6.07) is 0.880. The van der Waals surface area contributed by atoms with Gasteiger partial charge in [-0.1, -0.05) is 0 Å². The summed E-state index contributed by atoms with van der Waals surface area (Å²) in [4.78, 5) is 8.86. The van der Waals surface area contributed by atoms with Gasteiger partial charge in [0, 0.05) is 12.6 Å². The van der Waals surface area contributed by atoms with Gasteiger partial charge in [0.2, 0.25) is 0 Å². The van der Waals surface area contributed by atoms with Crippen molar-refractivity contribution < 1.29 is 17.6 Å². The average molecular weight is 263 g/mol. The monoisotopic (exact) mass is 263 g/mol. The van der Waals surface area contributed by atoms with Crippen molar-refractivity contribution in [3.8, 4) is 0 Å². The summed E-state index contributed by atoms with van der Waals surface area (Å²) in [5, 5.41) is 0. The highest BCUT2D eigenvalue weighted by molar-refractivity contribution is 5.41. The van der Waals surface area contributed by atoms with Gasteiger partial charge in [-0.3, -0.25) is 0 Å². The van der Waals surface area contributed by atoms with Crippen LogP contribution in [0.1, 0.15) is 24.4 Å². The second kappa shape index (κ2) is 4.70. The lowest BCUT2D eigenvalue weighted by molar-refractivity contribution is -0.141. The molecule has 1 aliphatic rings. The fourth-order valence-corrected chi connectivity index (χ4v) is 1.99. The molecule has 1 atom stereocenters. The minimum absolute atomic E-state index is 0.0424. The predicted octanol–water partition coefficient (Wildman–Crippen LogP) is 2.74. The fourth-order valence-electron chi connectivity index (χ4n) is 1.99. The molecule has 2 heterocycles. The second-order valence-corrected chi connectivity index (χ2v) is 4.34. The van der Waals surface area contributed by atoms with Crippen LogP contribution in [0.5, 0.6) is 0 Å². The zero-order valence-corrected chi connectivity index (χ0v) is 9.84. The number of piperidine rings is 1. The number of anilines is 1. The van der Waals surface area contributed by atoms with E-state index in [0.717, 1.165) is 6.07 Å². The van der Waals surface area contributed by atoms with Gasteiger partial charge in [0.25, 0.3) is 0 Å². The second-order valence-electron chi connectivity index (χ2n) is 4.34. The SMILES string of the molecule is Cc1nc(N2CCCC(F)C2)cc(C(F)(F)F)n1. The first kappa shape index (κ1) is 13.0. The van der Waals surface area contributed by atoms with E-state index in [-0.39, 0.29) is 18.2 Å². The van der Waals surface area contributed by atoms with Crippen LogP contribution in [0, 0.1) is 6.92 Å². The molecule has 0 aliphatic carbocycles. The van der Waals surface area contributed by atoms with E-state index < -0.39 is 18.0 Å². The topological polar surface area (TPSA) is 29.0 Å². The molecular formula is C11H13F4N3. The number of halogens is 4. The Hall–Kier alpha value is -1.40. The van der Waals surface area contributed by atoms with Crippen LogP contribution in [-0.2, 0) is 6.18 Å². The molecule has 0 spiro atoms. The van der Waals surface area contributed by atoms with Crippen molar-refractivity contribution in [3.05, 3.63) is 17.6 Å². The first-order valence-electron chi connectivity index (χ1n) is 5.68. The summed E-state index contributed by atoms with van der Waals surface area (Å²) < 4.78 is 51.1. The molecule has 0 radical (unpaired) electrons. The molecule has 1 saturated heterocycles. The summed E-state index contributed by atoms with van der Waals surface area (Å²) >= 11 is 0. The smallest absolute Gasteiger partial charge is 0.354 e. The molecule has 100 valence electrons. The fraction of sp³-hybridized carbons (Fsp3) is 0.636. The molecule has 0 saturated carbocycles. The van der Waals surface area contributed by atoms with Crippen LogP contribution in [0.25, 0.3) is 0 Å².